The van der Waals surface area contributed by atoms with E-state index < -0.39 is 23.1 Å². The average molecular weight is 289 g/mol. The number of carbonyl (C=O) groups is 1. The maximum Gasteiger partial charge on any atom is 0.337 e. The van der Waals surface area contributed by atoms with Gasteiger partial charge in [0.1, 0.15) is 5.56 Å². The first kappa shape index (κ1) is 14.3. The van der Waals surface area contributed by atoms with Crippen molar-refractivity contribution in [2.75, 3.05) is 0 Å². The summed E-state index contributed by atoms with van der Waals surface area (Å²) in [5.41, 5.74) is -1.74. The summed E-state index contributed by atoms with van der Waals surface area (Å²) >= 11 is 0. The first-order valence-corrected chi connectivity index (χ1v) is 5.80. The number of aromatic nitrogens is 2. The average Bonchev–Trinajstić information content (AvgIpc) is 2.45. The van der Waals surface area contributed by atoms with E-state index in [1.54, 1.807) is 12.1 Å². The largest absolute Gasteiger partial charge is 0.494 e. The standard InChI is InChI=1S/C13H11N3O5/c1-16-11(18)8(10(17)15-13(16)21)6-14-9-5-3-2-4-7(9)12(19)20/h2-6,18H,1H3,(H,19,20)(H,15,17,21). The molecule has 0 atom stereocenters. The van der Waals surface area contributed by atoms with Gasteiger partial charge in [0, 0.05) is 13.3 Å². The van der Waals surface area contributed by atoms with E-state index in [4.69, 9.17) is 5.11 Å². The molecule has 0 saturated heterocycles. The predicted molar refractivity (Wildman–Crippen MR) is 74.6 cm³/mol. The Morgan fingerprint density at radius 1 is 1.33 bits per heavy atom. The molecule has 8 nitrogen and oxygen atoms in total. The second-order valence-electron chi connectivity index (χ2n) is 4.14. The summed E-state index contributed by atoms with van der Waals surface area (Å²) in [6.45, 7) is 0. The van der Waals surface area contributed by atoms with Gasteiger partial charge in [-0.2, -0.15) is 0 Å². The molecule has 0 bridgehead atoms. The monoisotopic (exact) mass is 289 g/mol. The number of nitrogens with zero attached hydrogens (tertiary/aromatic N) is 2. The highest BCUT2D eigenvalue weighted by Crippen LogP contribution is 2.18. The quantitative estimate of drug-likeness (QED) is 0.697. The fraction of sp³-hybridized carbons (Fsp3) is 0.0769. The van der Waals surface area contributed by atoms with Gasteiger partial charge in [-0.25, -0.2) is 9.59 Å². The van der Waals surface area contributed by atoms with Crippen LogP contribution in [0.4, 0.5) is 5.69 Å². The Morgan fingerprint density at radius 3 is 2.67 bits per heavy atom. The van der Waals surface area contributed by atoms with Crippen molar-refractivity contribution >= 4 is 17.9 Å². The van der Waals surface area contributed by atoms with Crippen molar-refractivity contribution in [2.45, 2.75) is 0 Å². The van der Waals surface area contributed by atoms with Crippen molar-refractivity contribution in [3.63, 3.8) is 0 Å². The zero-order valence-corrected chi connectivity index (χ0v) is 10.9. The lowest BCUT2D eigenvalue weighted by atomic mass is 10.2. The summed E-state index contributed by atoms with van der Waals surface area (Å²) in [6.07, 6.45) is 1.01. The molecule has 108 valence electrons. The molecule has 1 aromatic carbocycles. The van der Waals surface area contributed by atoms with Gasteiger partial charge in [0.2, 0.25) is 5.88 Å². The number of para-hydroxylation sites is 1. The highest BCUT2D eigenvalue weighted by atomic mass is 16.4. The highest BCUT2D eigenvalue weighted by Gasteiger charge is 2.11. The van der Waals surface area contributed by atoms with Crippen LogP contribution < -0.4 is 11.2 Å². The molecule has 21 heavy (non-hydrogen) atoms. The number of hydrogen-bond acceptors (Lipinski definition) is 5. The van der Waals surface area contributed by atoms with Crippen molar-refractivity contribution in [1.82, 2.24) is 9.55 Å². The Balaban J connectivity index is 2.54. The lowest BCUT2D eigenvalue weighted by molar-refractivity contribution is 0.0698. The third-order valence-electron chi connectivity index (χ3n) is 2.80. The smallest absolute Gasteiger partial charge is 0.337 e. The number of rotatable bonds is 3. The topological polar surface area (TPSA) is 125 Å². The number of aliphatic imine (C=N–C) groups is 1. The van der Waals surface area contributed by atoms with Gasteiger partial charge in [-0.3, -0.25) is 19.3 Å². The molecule has 2 rings (SSSR count). The Labute approximate surface area is 117 Å². The van der Waals surface area contributed by atoms with Crippen molar-refractivity contribution < 1.29 is 15.0 Å². The van der Waals surface area contributed by atoms with Crippen molar-refractivity contribution in [3.8, 4) is 5.88 Å². The molecule has 0 radical (unpaired) electrons. The van der Waals surface area contributed by atoms with Gasteiger partial charge < -0.3 is 10.2 Å². The number of benzene rings is 1. The van der Waals surface area contributed by atoms with Crippen LogP contribution in [0.2, 0.25) is 0 Å². The summed E-state index contributed by atoms with van der Waals surface area (Å²) in [5, 5.41) is 18.8. The van der Waals surface area contributed by atoms with Crippen LogP contribution in [0.1, 0.15) is 15.9 Å². The predicted octanol–water partition coefficient (Wildman–Crippen LogP) is 0.228. The molecule has 0 unspecified atom stereocenters. The van der Waals surface area contributed by atoms with Gasteiger partial charge >= 0.3 is 11.7 Å². The zero-order chi connectivity index (χ0) is 15.6. The molecule has 0 aliphatic rings. The molecular formula is C13H11N3O5. The normalized spacial score (nSPS) is 10.9. The molecule has 0 amide bonds. The van der Waals surface area contributed by atoms with Gasteiger partial charge in [0.25, 0.3) is 5.56 Å². The van der Waals surface area contributed by atoms with Crippen molar-refractivity contribution in [1.29, 1.82) is 0 Å². The van der Waals surface area contributed by atoms with E-state index in [9.17, 15) is 19.5 Å². The second kappa shape index (κ2) is 5.45. The van der Waals surface area contributed by atoms with Crippen molar-refractivity contribution in [3.05, 3.63) is 56.2 Å². The Hall–Kier alpha value is -3.16. The summed E-state index contributed by atoms with van der Waals surface area (Å²) < 4.78 is 0.839. The van der Waals surface area contributed by atoms with E-state index in [0.717, 1.165) is 10.8 Å². The number of hydrogen-bond donors (Lipinski definition) is 3. The summed E-state index contributed by atoms with van der Waals surface area (Å²) in [6, 6.07) is 5.94. The lowest BCUT2D eigenvalue weighted by Crippen LogP contribution is -2.30. The number of aromatic hydroxyl groups is 1. The molecule has 0 saturated carbocycles. The Kier molecular flexibility index (Phi) is 3.70. The van der Waals surface area contributed by atoms with Gasteiger partial charge in [-0.05, 0) is 12.1 Å². The minimum absolute atomic E-state index is 0.0468. The fourth-order valence-corrected chi connectivity index (χ4v) is 1.64. The van der Waals surface area contributed by atoms with Crippen LogP contribution in [0.15, 0.2) is 38.8 Å². The second-order valence-corrected chi connectivity index (χ2v) is 4.14. The highest BCUT2D eigenvalue weighted by molar-refractivity contribution is 5.95. The Bertz CT molecular complexity index is 848. The molecule has 1 aromatic heterocycles. The first-order valence-electron chi connectivity index (χ1n) is 5.80. The lowest BCUT2D eigenvalue weighted by Gasteiger charge is -2.03. The molecular weight excluding hydrogens is 278 g/mol. The number of aromatic amines is 1. The number of nitrogens with one attached hydrogen (secondary N) is 1. The van der Waals surface area contributed by atoms with Crippen LogP contribution in [0.3, 0.4) is 0 Å². The van der Waals surface area contributed by atoms with Crippen LogP contribution in [-0.4, -0.2) is 31.9 Å². The number of carboxylic acid groups (broad SMARTS) is 1. The van der Waals surface area contributed by atoms with Crippen LogP contribution in [0, 0.1) is 0 Å². The third kappa shape index (κ3) is 2.73. The van der Waals surface area contributed by atoms with Crippen molar-refractivity contribution in [2.24, 2.45) is 12.0 Å². The third-order valence-corrected chi connectivity index (χ3v) is 2.80. The first-order chi connectivity index (χ1) is 9.91. The van der Waals surface area contributed by atoms with E-state index in [-0.39, 0.29) is 16.8 Å². The van der Waals surface area contributed by atoms with E-state index in [2.05, 4.69) is 4.99 Å². The number of aromatic carboxylic acids is 1. The SMILES string of the molecule is Cn1c(O)c(C=Nc2ccccc2C(=O)O)c(=O)[nH]c1=O. The number of carboxylic acids is 1. The van der Waals surface area contributed by atoms with Crippen LogP contribution in [0.25, 0.3) is 0 Å². The number of H-pyrrole nitrogens is 1. The minimum atomic E-state index is -1.17. The summed E-state index contributed by atoms with van der Waals surface area (Å²) in [5.74, 6) is -1.72. The van der Waals surface area contributed by atoms with E-state index in [0.29, 0.717) is 0 Å². The molecule has 1 heterocycles. The minimum Gasteiger partial charge on any atom is -0.494 e. The van der Waals surface area contributed by atoms with Gasteiger partial charge in [-0.1, -0.05) is 12.1 Å². The van der Waals surface area contributed by atoms with Gasteiger partial charge in [0.15, 0.2) is 0 Å². The van der Waals surface area contributed by atoms with E-state index in [1.165, 1.54) is 19.2 Å². The molecule has 2 aromatic rings. The summed E-state index contributed by atoms with van der Waals surface area (Å²) in [4.78, 5) is 39.8. The van der Waals surface area contributed by atoms with Crippen LogP contribution in [0.5, 0.6) is 5.88 Å². The molecule has 3 N–H and O–H groups in total. The molecule has 0 spiro atoms. The molecule has 0 aliphatic heterocycles. The summed E-state index contributed by atoms with van der Waals surface area (Å²) in [7, 11) is 1.27. The molecule has 8 heteroatoms. The van der Waals surface area contributed by atoms with Gasteiger partial charge in [-0.15, -0.1) is 0 Å². The fourth-order valence-electron chi connectivity index (χ4n) is 1.64. The van der Waals surface area contributed by atoms with Crippen LogP contribution in [-0.2, 0) is 7.05 Å². The maximum atomic E-state index is 11.6. The zero-order valence-electron chi connectivity index (χ0n) is 10.9. The van der Waals surface area contributed by atoms with E-state index >= 15 is 0 Å². The van der Waals surface area contributed by atoms with Crippen LogP contribution >= 0.6 is 0 Å². The Morgan fingerprint density at radius 2 is 2.00 bits per heavy atom. The van der Waals surface area contributed by atoms with E-state index in [1.807, 2.05) is 4.98 Å². The van der Waals surface area contributed by atoms with Gasteiger partial charge in [0.05, 0.1) is 11.3 Å². The maximum absolute atomic E-state index is 11.6. The molecule has 0 fully saturated rings. The molecule has 0 aliphatic carbocycles.